The first-order valence-corrected chi connectivity index (χ1v) is 6.70. The summed E-state index contributed by atoms with van der Waals surface area (Å²) < 4.78 is 19.3. The first-order chi connectivity index (χ1) is 8.58. The molecular weight excluding hydrogens is 229 g/mol. The second kappa shape index (κ2) is 5.70. The Kier molecular flexibility index (Phi) is 4.23. The fourth-order valence-corrected chi connectivity index (χ4v) is 2.37. The Morgan fingerprint density at radius 2 is 2.22 bits per heavy atom. The zero-order chi connectivity index (χ0) is 13.1. The summed E-state index contributed by atoms with van der Waals surface area (Å²) in [5.41, 5.74) is 1.12. The number of benzene rings is 1. The van der Waals surface area contributed by atoms with Crippen LogP contribution in [0.4, 0.5) is 4.39 Å². The van der Waals surface area contributed by atoms with Crippen LogP contribution in [0.25, 0.3) is 0 Å². The van der Waals surface area contributed by atoms with E-state index in [1.807, 2.05) is 12.1 Å². The van der Waals surface area contributed by atoms with E-state index in [9.17, 15) is 4.39 Å². The van der Waals surface area contributed by atoms with Crippen LogP contribution in [0.15, 0.2) is 18.2 Å². The number of rotatable bonds is 4. The van der Waals surface area contributed by atoms with Crippen LogP contribution in [0.5, 0.6) is 5.75 Å². The molecule has 1 aromatic carbocycles. The van der Waals surface area contributed by atoms with Crippen molar-refractivity contribution in [1.29, 1.82) is 0 Å². The minimum Gasteiger partial charge on any atom is -0.489 e. The van der Waals surface area contributed by atoms with Crippen LogP contribution in [-0.4, -0.2) is 31.1 Å². The van der Waals surface area contributed by atoms with Gasteiger partial charge < -0.3 is 9.64 Å². The van der Waals surface area contributed by atoms with Crippen molar-refractivity contribution in [3.05, 3.63) is 29.6 Å². The minimum absolute atomic E-state index is 0.264. The van der Waals surface area contributed by atoms with Crippen LogP contribution in [-0.2, 0) is 0 Å². The predicted octanol–water partition coefficient (Wildman–Crippen LogP) is 3.42. The Bertz CT molecular complexity index is 405. The summed E-state index contributed by atoms with van der Waals surface area (Å²) in [4.78, 5) is 2.28. The molecular formula is C15H22FNO. The maximum Gasteiger partial charge on any atom is 0.165 e. The van der Waals surface area contributed by atoms with Crippen molar-refractivity contribution in [1.82, 2.24) is 4.90 Å². The van der Waals surface area contributed by atoms with Gasteiger partial charge >= 0.3 is 0 Å². The molecule has 0 aromatic heterocycles. The van der Waals surface area contributed by atoms with Gasteiger partial charge in [0.05, 0.1) is 0 Å². The molecule has 0 amide bonds. The number of hydrogen-bond acceptors (Lipinski definition) is 2. The molecule has 2 rings (SSSR count). The molecule has 1 aliphatic heterocycles. The van der Waals surface area contributed by atoms with Crippen LogP contribution in [0, 0.1) is 5.82 Å². The van der Waals surface area contributed by atoms with Crippen LogP contribution >= 0.6 is 0 Å². The van der Waals surface area contributed by atoms with E-state index in [0.29, 0.717) is 24.3 Å². The molecule has 1 aliphatic rings. The average molecular weight is 251 g/mol. The first-order valence-electron chi connectivity index (χ1n) is 6.70. The van der Waals surface area contributed by atoms with Crippen molar-refractivity contribution < 1.29 is 9.13 Å². The van der Waals surface area contributed by atoms with Gasteiger partial charge in [-0.05, 0) is 50.0 Å². The number of likely N-dealkylation sites (tertiary alicyclic amines) is 1. The van der Waals surface area contributed by atoms with Gasteiger partial charge in [-0.25, -0.2) is 4.39 Å². The van der Waals surface area contributed by atoms with E-state index in [2.05, 4.69) is 25.8 Å². The van der Waals surface area contributed by atoms with Crippen molar-refractivity contribution in [3.8, 4) is 5.75 Å². The van der Waals surface area contributed by atoms with Gasteiger partial charge in [0.1, 0.15) is 6.61 Å². The normalized spacial score (nSPS) is 20.6. The van der Waals surface area contributed by atoms with Gasteiger partial charge in [0.15, 0.2) is 11.6 Å². The standard InChI is InChI=1S/C15H22FNO/c1-11(2)12-6-7-14(16)15(9-12)18-10-13-5-4-8-17(13)3/h6-7,9,11,13H,4-5,8,10H2,1-3H3/t13-/m1/s1. The summed E-state index contributed by atoms with van der Waals surface area (Å²) in [6.45, 7) is 5.89. The predicted molar refractivity (Wildman–Crippen MR) is 71.6 cm³/mol. The second-order valence-electron chi connectivity index (χ2n) is 5.43. The summed E-state index contributed by atoms with van der Waals surface area (Å²) >= 11 is 0. The molecule has 1 aromatic rings. The fourth-order valence-electron chi connectivity index (χ4n) is 2.37. The van der Waals surface area contributed by atoms with Gasteiger partial charge in [-0.1, -0.05) is 19.9 Å². The quantitative estimate of drug-likeness (QED) is 0.813. The van der Waals surface area contributed by atoms with Crippen molar-refractivity contribution in [3.63, 3.8) is 0 Å². The molecule has 0 unspecified atom stereocenters. The highest BCUT2D eigenvalue weighted by atomic mass is 19.1. The Morgan fingerprint density at radius 1 is 1.44 bits per heavy atom. The molecule has 1 atom stereocenters. The van der Waals surface area contributed by atoms with Crippen molar-refractivity contribution in [2.75, 3.05) is 20.2 Å². The molecule has 1 saturated heterocycles. The molecule has 0 N–H and O–H groups in total. The maximum absolute atomic E-state index is 13.7. The summed E-state index contributed by atoms with van der Waals surface area (Å²) in [5, 5.41) is 0. The van der Waals surface area contributed by atoms with E-state index >= 15 is 0 Å². The highest BCUT2D eigenvalue weighted by molar-refractivity contribution is 5.32. The Labute approximate surface area is 109 Å². The summed E-state index contributed by atoms with van der Waals surface area (Å²) in [6.07, 6.45) is 2.35. The van der Waals surface area contributed by atoms with Crippen LogP contribution < -0.4 is 4.74 Å². The monoisotopic (exact) mass is 251 g/mol. The highest BCUT2D eigenvalue weighted by Gasteiger charge is 2.21. The van der Waals surface area contributed by atoms with Gasteiger partial charge in [0.2, 0.25) is 0 Å². The van der Waals surface area contributed by atoms with Gasteiger partial charge in [-0.2, -0.15) is 0 Å². The lowest BCUT2D eigenvalue weighted by molar-refractivity contribution is 0.193. The van der Waals surface area contributed by atoms with Crippen molar-refractivity contribution >= 4 is 0 Å². The SMILES string of the molecule is CC(C)c1ccc(F)c(OC[C@H]2CCCN2C)c1. The van der Waals surface area contributed by atoms with E-state index in [0.717, 1.165) is 18.5 Å². The molecule has 1 fully saturated rings. The van der Waals surface area contributed by atoms with Crippen LogP contribution in [0.2, 0.25) is 0 Å². The zero-order valence-corrected chi connectivity index (χ0v) is 11.4. The van der Waals surface area contributed by atoms with Gasteiger partial charge in [-0.3, -0.25) is 0 Å². The molecule has 0 aliphatic carbocycles. The molecule has 0 bridgehead atoms. The molecule has 0 saturated carbocycles. The molecule has 1 heterocycles. The van der Waals surface area contributed by atoms with Gasteiger partial charge in [-0.15, -0.1) is 0 Å². The highest BCUT2D eigenvalue weighted by Crippen LogP contribution is 2.25. The lowest BCUT2D eigenvalue weighted by atomic mass is 10.0. The average Bonchev–Trinajstić information content (AvgIpc) is 2.73. The van der Waals surface area contributed by atoms with E-state index in [1.165, 1.54) is 12.5 Å². The summed E-state index contributed by atoms with van der Waals surface area (Å²) in [5.74, 6) is 0.517. The maximum atomic E-state index is 13.7. The number of ether oxygens (including phenoxy) is 1. The van der Waals surface area contributed by atoms with Crippen LogP contribution in [0.3, 0.4) is 0 Å². The first kappa shape index (κ1) is 13.3. The second-order valence-corrected chi connectivity index (χ2v) is 5.43. The van der Waals surface area contributed by atoms with E-state index in [1.54, 1.807) is 0 Å². The lowest BCUT2D eigenvalue weighted by Gasteiger charge is -2.20. The third-order valence-electron chi connectivity index (χ3n) is 3.72. The van der Waals surface area contributed by atoms with E-state index in [-0.39, 0.29) is 5.82 Å². The Hall–Kier alpha value is -1.09. The smallest absolute Gasteiger partial charge is 0.165 e. The number of likely N-dealkylation sites (N-methyl/N-ethyl adjacent to an activating group) is 1. The minimum atomic E-state index is -0.264. The third-order valence-corrected chi connectivity index (χ3v) is 3.72. The number of hydrogen-bond donors (Lipinski definition) is 0. The van der Waals surface area contributed by atoms with E-state index < -0.39 is 0 Å². The summed E-state index contributed by atoms with van der Waals surface area (Å²) in [7, 11) is 2.10. The summed E-state index contributed by atoms with van der Waals surface area (Å²) in [6, 6.07) is 5.58. The molecule has 0 radical (unpaired) electrons. The van der Waals surface area contributed by atoms with Gasteiger partial charge in [0.25, 0.3) is 0 Å². The number of halogens is 1. The molecule has 2 nitrogen and oxygen atoms in total. The molecule has 3 heteroatoms. The third kappa shape index (κ3) is 3.02. The Morgan fingerprint density at radius 3 is 2.83 bits per heavy atom. The van der Waals surface area contributed by atoms with Gasteiger partial charge in [0, 0.05) is 6.04 Å². The largest absolute Gasteiger partial charge is 0.489 e. The van der Waals surface area contributed by atoms with Crippen LogP contribution in [0.1, 0.15) is 38.2 Å². The molecule has 0 spiro atoms. The fraction of sp³-hybridized carbons (Fsp3) is 0.600. The van der Waals surface area contributed by atoms with Crippen molar-refractivity contribution in [2.45, 2.75) is 38.6 Å². The van der Waals surface area contributed by atoms with Crippen molar-refractivity contribution in [2.24, 2.45) is 0 Å². The molecule has 18 heavy (non-hydrogen) atoms. The molecule has 100 valence electrons. The zero-order valence-electron chi connectivity index (χ0n) is 11.4. The number of nitrogens with zero attached hydrogens (tertiary/aromatic N) is 1. The lowest BCUT2D eigenvalue weighted by Crippen LogP contribution is -2.30. The van der Waals surface area contributed by atoms with E-state index in [4.69, 9.17) is 4.74 Å². The Balaban J connectivity index is 2.01. The topological polar surface area (TPSA) is 12.5 Å².